The summed E-state index contributed by atoms with van der Waals surface area (Å²) in [6, 6.07) is 0. The number of amides is 2. The first-order valence-electron chi connectivity index (χ1n) is 7.27. The lowest BCUT2D eigenvalue weighted by atomic mass is 10.2. The van der Waals surface area contributed by atoms with Crippen LogP contribution in [-0.4, -0.2) is 49.1 Å². The molecule has 1 heterocycles. The fourth-order valence-electron chi connectivity index (χ4n) is 2.14. The molecule has 2 amide bonds. The predicted molar refractivity (Wildman–Crippen MR) is 73.8 cm³/mol. The van der Waals surface area contributed by atoms with Crippen LogP contribution in [0.1, 0.15) is 46.0 Å². The molecule has 0 aromatic heterocycles. The molecule has 5 heteroatoms. The van der Waals surface area contributed by atoms with Crippen LogP contribution in [0.4, 0.5) is 0 Å². The average Bonchev–Trinajstić information content (AvgIpc) is 2.87. The van der Waals surface area contributed by atoms with Crippen molar-refractivity contribution in [3.63, 3.8) is 0 Å². The first-order valence-corrected chi connectivity index (χ1v) is 7.27. The summed E-state index contributed by atoms with van der Waals surface area (Å²) in [6.45, 7) is 6.23. The number of hydrogen-bond donors (Lipinski definition) is 1. The van der Waals surface area contributed by atoms with E-state index < -0.39 is 0 Å². The van der Waals surface area contributed by atoms with E-state index >= 15 is 0 Å². The summed E-state index contributed by atoms with van der Waals surface area (Å²) in [5.41, 5.74) is 0. The van der Waals surface area contributed by atoms with E-state index in [0.717, 1.165) is 38.8 Å². The predicted octanol–water partition coefficient (Wildman–Crippen LogP) is 1.32. The number of rotatable bonds is 8. The van der Waals surface area contributed by atoms with Gasteiger partial charge in [0.25, 0.3) is 0 Å². The Balaban J connectivity index is 2.24. The van der Waals surface area contributed by atoms with Gasteiger partial charge in [-0.15, -0.1) is 0 Å². The van der Waals surface area contributed by atoms with Crippen LogP contribution in [0.3, 0.4) is 0 Å². The summed E-state index contributed by atoms with van der Waals surface area (Å²) in [5.74, 6) is 0.0314. The molecule has 0 spiro atoms. The van der Waals surface area contributed by atoms with Crippen molar-refractivity contribution in [1.29, 1.82) is 0 Å². The molecule has 0 bridgehead atoms. The second kappa shape index (κ2) is 8.91. The highest BCUT2D eigenvalue weighted by Crippen LogP contribution is 2.13. The zero-order valence-electron chi connectivity index (χ0n) is 12.1. The van der Waals surface area contributed by atoms with Crippen LogP contribution in [0.15, 0.2) is 0 Å². The van der Waals surface area contributed by atoms with Crippen LogP contribution in [0.5, 0.6) is 0 Å². The van der Waals surface area contributed by atoms with Gasteiger partial charge in [0.05, 0.1) is 6.10 Å². The van der Waals surface area contributed by atoms with Gasteiger partial charge in [-0.3, -0.25) is 9.59 Å². The number of nitrogens with one attached hydrogen (secondary N) is 1. The maximum Gasteiger partial charge on any atom is 0.221 e. The van der Waals surface area contributed by atoms with Gasteiger partial charge in [0.1, 0.15) is 0 Å². The molecule has 5 nitrogen and oxygen atoms in total. The van der Waals surface area contributed by atoms with E-state index in [0.29, 0.717) is 19.5 Å². The summed E-state index contributed by atoms with van der Waals surface area (Å²) in [4.78, 5) is 24.9. The van der Waals surface area contributed by atoms with Crippen LogP contribution >= 0.6 is 0 Å². The van der Waals surface area contributed by atoms with Gasteiger partial charge in [-0.05, 0) is 19.3 Å². The SMILES string of the molecule is CCCCNC(=O)CCN(CC1CCCO1)C(C)=O. The van der Waals surface area contributed by atoms with Crippen LogP contribution in [0.2, 0.25) is 0 Å². The molecule has 1 aliphatic rings. The zero-order valence-corrected chi connectivity index (χ0v) is 12.1. The van der Waals surface area contributed by atoms with Gasteiger partial charge < -0.3 is 15.0 Å². The Bertz CT molecular complexity index is 288. The molecule has 0 aromatic carbocycles. The van der Waals surface area contributed by atoms with E-state index in [1.165, 1.54) is 0 Å². The molecule has 110 valence electrons. The van der Waals surface area contributed by atoms with Crippen molar-refractivity contribution < 1.29 is 14.3 Å². The molecule has 0 radical (unpaired) electrons. The lowest BCUT2D eigenvalue weighted by molar-refractivity contribution is -0.131. The standard InChI is InChI=1S/C14H26N2O3/c1-3-4-8-15-14(18)7-9-16(12(2)17)11-13-6-5-10-19-13/h13H,3-11H2,1-2H3,(H,15,18). The van der Waals surface area contributed by atoms with Crippen molar-refractivity contribution in [2.75, 3.05) is 26.2 Å². The summed E-state index contributed by atoms with van der Waals surface area (Å²) in [5, 5.41) is 2.86. The minimum Gasteiger partial charge on any atom is -0.376 e. The maximum atomic E-state index is 11.6. The summed E-state index contributed by atoms with van der Waals surface area (Å²) in [6.07, 6.45) is 4.65. The second-order valence-electron chi connectivity index (χ2n) is 5.05. The van der Waals surface area contributed by atoms with Gasteiger partial charge in [-0.2, -0.15) is 0 Å². The smallest absolute Gasteiger partial charge is 0.221 e. The van der Waals surface area contributed by atoms with Gasteiger partial charge in [-0.1, -0.05) is 13.3 Å². The van der Waals surface area contributed by atoms with Crippen molar-refractivity contribution in [2.45, 2.75) is 52.1 Å². The summed E-state index contributed by atoms with van der Waals surface area (Å²) < 4.78 is 5.53. The number of carbonyl (C=O) groups is 2. The third kappa shape index (κ3) is 6.57. The van der Waals surface area contributed by atoms with Crippen molar-refractivity contribution in [3.05, 3.63) is 0 Å². The van der Waals surface area contributed by atoms with Crippen molar-refractivity contribution in [1.82, 2.24) is 10.2 Å². The molecule has 1 saturated heterocycles. The lowest BCUT2D eigenvalue weighted by Crippen LogP contribution is -2.38. The molecule has 1 aliphatic heterocycles. The van der Waals surface area contributed by atoms with Crippen LogP contribution in [-0.2, 0) is 14.3 Å². The Morgan fingerprint density at radius 3 is 2.79 bits per heavy atom. The third-order valence-corrected chi connectivity index (χ3v) is 3.35. The molecule has 1 unspecified atom stereocenters. The molecule has 0 aromatic rings. The number of carbonyl (C=O) groups excluding carboxylic acids is 2. The Labute approximate surface area is 115 Å². The van der Waals surface area contributed by atoms with Gasteiger partial charge in [0, 0.05) is 39.6 Å². The molecule has 1 atom stereocenters. The highest BCUT2D eigenvalue weighted by atomic mass is 16.5. The molecule has 19 heavy (non-hydrogen) atoms. The molecule has 0 aliphatic carbocycles. The average molecular weight is 270 g/mol. The number of hydrogen-bond acceptors (Lipinski definition) is 3. The van der Waals surface area contributed by atoms with E-state index in [4.69, 9.17) is 4.74 Å². The first-order chi connectivity index (χ1) is 9.13. The third-order valence-electron chi connectivity index (χ3n) is 3.35. The van der Waals surface area contributed by atoms with Crippen molar-refractivity contribution in [3.8, 4) is 0 Å². The minimum atomic E-state index is 0.0110. The van der Waals surface area contributed by atoms with Gasteiger partial charge in [0.2, 0.25) is 11.8 Å². The summed E-state index contributed by atoms with van der Waals surface area (Å²) in [7, 11) is 0. The van der Waals surface area contributed by atoms with E-state index in [1.54, 1.807) is 11.8 Å². The fraction of sp³-hybridized carbons (Fsp3) is 0.857. The van der Waals surface area contributed by atoms with E-state index in [-0.39, 0.29) is 17.9 Å². The van der Waals surface area contributed by atoms with E-state index in [9.17, 15) is 9.59 Å². The van der Waals surface area contributed by atoms with Crippen molar-refractivity contribution in [2.24, 2.45) is 0 Å². The molecule has 0 saturated carbocycles. The fourth-order valence-corrected chi connectivity index (χ4v) is 2.14. The number of unbranched alkanes of at least 4 members (excludes halogenated alkanes) is 1. The van der Waals surface area contributed by atoms with E-state index in [1.807, 2.05) is 0 Å². The maximum absolute atomic E-state index is 11.6. The molecular formula is C14H26N2O3. The topological polar surface area (TPSA) is 58.6 Å². The number of nitrogens with zero attached hydrogens (tertiary/aromatic N) is 1. The Kier molecular flexibility index (Phi) is 7.48. The summed E-state index contributed by atoms with van der Waals surface area (Å²) >= 11 is 0. The lowest BCUT2D eigenvalue weighted by Gasteiger charge is -2.23. The Morgan fingerprint density at radius 2 is 2.21 bits per heavy atom. The molecule has 1 rings (SSSR count). The first kappa shape index (κ1) is 16.0. The highest BCUT2D eigenvalue weighted by molar-refractivity contribution is 5.77. The van der Waals surface area contributed by atoms with Gasteiger partial charge in [0.15, 0.2) is 0 Å². The highest BCUT2D eigenvalue weighted by Gasteiger charge is 2.21. The van der Waals surface area contributed by atoms with Crippen molar-refractivity contribution >= 4 is 11.8 Å². The van der Waals surface area contributed by atoms with Gasteiger partial charge >= 0.3 is 0 Å². The molecular weight excluding hydrogens is 244 g/mol. The van der Waals surface area contributed by atoms with Crippen LogP contribution in [0.25, 0.3) is 0 Å². The monoisotopic (exact) mass is 270 g/mol. The Hall–Kier alpha value is -1.10. The van der Waals surface area contributed by atoms with Crippen LogP contribution < -0.4 is 5.32 Å². The normalized spacial score (nSPS) is 18.3. The number of ether oxygens (including phenoxy) is 1. The Morgan fingerprint density at radius 1 is 1.42 bits per heavy atom. The second-order valence-corrected chi connectivity index (χ2v) is 5.05. The molecule has 1 fully saturated rings. The molecule has 1 N–H and O–H groups in total. The quantitative estimate of drug-likeness (QED) is 0.677. The van der Waals surface area contributed by atoms with E-state index in [2.05, 4.69) is 12.2 Å². The largest absolute Gasteiger partial charge is 0.376 e. The zero-order chi connectivity index (χ0) is 14.1. The minimum absolute atomic E-state index is 0.0110. The van der Waals surface area contributed by atoms with Gasteiger partial charge in [-0.25, -0.2) is 0 Å². The van der Waals surface area contributed by atoms with Crippen LogP contribution in [0, 0.1) is 0 Å².